The van der Waals surface area contributed by atoms with Gasteiger partial charge in [0.05, 0.1) is 32.3 Å². The van der Waals surface area contributed by atoms with E-state index >= 15 is 0 Å². The molecule has 0 unspecified atom stereocenters. The number of rotatable bonds is 9. The average molecular weight is 391 g/mol. The van der Waals surface area contributed by atoms with Gasteiger partial charge < -0.3 is 30.5 Å². The molecule has 0 saturated heterocycles. The third kappa shape index (κ3) is 5.07. The molecule has 1 heterocycles. The molecule has 0 bridgehead atoms. The van der Waals surface area contributed by atoms with E-state index < -0.39 is 23.8 Å². The van der Waals surface area contributed by atoms with Gasteiger partial charge in [-0.2, -0.15) is 0 Å². The summed E-state index contributed by atoms with van der Waals surface area (Å²) in [5.74, 6) is -2.52. The van der Waals surface area contributed by atoms with Crippen molar-refractivity contribution in [3.8, 4) is 0 Å². The van der Waals surface area contributed by atoms with E-state index in [0.717, 1.165) is 0 Å². The average Bonchev–Trinajstić information content (AvgIpc) is 2.97. The first-order valence-corrected chi connectivity index (χ1v) is 8.46. The molecule has 1 aromatic carbocycles. The van der Waals surface area contributed by atoms with Crippen LogP contribution in [0.5, 0.6) is 0 Å². The van der Waals surface area contributed by atoms with Crippen molar-refractivity contribution in [1.29, 1.82) is 0 Å². The Morgan fingerprint density at radius 1 is 1.21 bits per heavy atom. The van der Waals surface area contributed by atoms with Crippen molar-refractivity contribution in [1.82, 2.24) is 10.2 Å². The summed E-state index contributed by atoms with van der Waals surface area (Å²) in [5, 5.41) is 23.0. The van der Waals surface area contributed by atoms with Crippen LogP contribution in [-0.4, -0.2) is 72.2 Å². The predicted octanol–water partition coefficient (Wildman–Crippen LogP) is -0.435. The van der Waals surface area contributed by atoms with Gasteiger partial charge in [-0.3, -0.25) is 14.4 Å². The van der Waals surface area contributed by atoms with E-state index in [9.17, 15) is 19.2 Å². The number of hydrogen-bond acceptors (Lipinski definition) is 7. The van der Waals surface area contributed by atoms with Gasteiger partial charge in [-0.1, -0.05) is 0 Å². The zero-order chi connectivity index (χ0) is 20.7. The van der Waals surface area contributed by atoms with E-state index in [1.54, 1.807) is 12.1 Å². The molecular formula is C18H21N3O7. The predicted molar refractivity (Wildman–Crippen MR) is 97.4 cm³/mol. The van der Waals surface area contributed by atoms with E-state index in [4.69, 9.17) is 14.9 Å². The molecule has 0 radical (unpaired) electrons. The number of esters is 1. The molecule has 0 saturated carbocycles. The number of carbonyl (C=O) groups is 4. The smallest absolute Gasteiger partial charge is 0.337 e. The SMILES string of the molecule is COC(=O)C1=C(Nc2ccc(C(=O)NCCC(=O)O)cc2)C(=O)N(CCO)C1. The van der Waals surface area contributed by atoms with Gasteiger partial charge in [0.25, 0.3) is 11.8 Å². The summed E-state index contributed by atoms with van der Waals surface area (Å²) in [5.41, 5.74) is 0.992. The summed E-state index contributed by atoms with van der Waals surface area (Å²) in [7, 11) is 1.21. The van der Waals surface area contributed by atoms with Gasteiger partial charge in [-0.05, 0) is 24.3 Å². The lowest BCUT2D eigenvalue weighted by molar-refractivity contribution is -0.137. The summed E-state index contributed by atoms with van der Waals surface area (Å²) >= 11 is 0. The van der Waals surface area contributed by atoms with Crippen molar-refractivity contribution in [2.75, 3.05) is 38.7 Å². The van der Waals surface area contributed by atoms with Crippen molar-refractivity contribution in [3.63, 3.8) is 0 Å². The highest BCUT2D eigenvalue weighted by molar-refractivity contribution is 6.08. The number of aliphatic hydroxyl groups excluding tert-OH is 1. The second-order valence-corrected chi connectivity index (χ2v) is 5.90. The van der Waals surface area contributed by atoms with Gasteiger partial charge >= 0.3 is 11.9 Å². The number of anilines is 1. The number of ether oxygens (including phenoxy) is 1. The Bertz CT molecular complexity index is 802. The quantitative estimate of drug-likeness (QED) is 0.415. The highest BCUT2D eigenvalue weighted by Gasteiger charge is 2.34. The Hall–Kier alpha value is -3.40. The second-order valence-electron chi connectivity index (χ2n) is 5.90. The summed E-state index contributed by atoms with van der Waals surface area (Å²) in [6, 6.07) is 6.11. The fraction of sp³-hybridized carbons (Fsp3) is 0.333. The third-order valence-electron chi connectivity index (χ3n) is 3.99. The summed E-state index contributed by atoms with van der Waals surface area (Å²) < 4.78 is 4.71. The molecule has 150 valence electrons. The third-order valence-corrected chi connectivity index (χ3v) is 3.99. The number of carboxylic acid groups (broad SMARTS) is 1. The van der Waals surface area contributed by atoms with Gasteiger partial charge in [0.15, 0.2) is 0 Å². The second kappa shape index (κ2) is 9.51. The van der Waals surface area contributed by atoms with Crippen LogP contribution in [0, 0.1) is 0 Å². The number of methoxy groups -OCH3 is 1. The molecule has 0 spiro atoms. The van der Waals surface area contributed by atoms with Crippen LogP contribution < -0.4 is 10.6 Å². The van der Waals surface area contributed by atoms with E-state index in [1.165, 1.54) is 24.1 Å². The van der Waals surface area contributed by atoms with Crippen LogP contribution in [0.2, 0.25) is 0 Å². The van der Waals surface area contributed by atoms with Crippen molar-refractivity contribution < 1.29 is 34.1 Å². The largest absolute Gasteiger partial charge is 0.481 e. The Labute approximate surface area is 160 Å². The number of β-amino-alcohol motifs (C(OH)–C–C–N with tert-alkyl or cyclic N) is 1. The Balaban J connectivity index is 2.10. The molecule has 2 amide bonds. The first-order valence-electron chi connectivity index (χ1n) is 8.46. The molecule has 0 atom stereocenters. The lowest BCUT2D eigenvalue weighted by atomic mass is 10.1. The minimum absolute atomic E-state index is 0.0126. The maximum Gasteiger partial charge on any atom is 0.337 e. The number of carbonyl (C=O) groups excluding carboxylic acids is 3. The Morgan fingerprint density at radius 3 is 2.46 bits per heavy atom. The molecule has 28 heavy (non-hydrogen) atoms. The fourth-order valence-corrected chi connectivity index (χ4v) is 2.58. The van der Waals surface area contributed by atoms with Crippen LogP contribution in [0.25, 0.3) is 0 Å². The van der Waals surface area contributed by atoms with E-state index in [1.807, 2.05) is 0 Å². The minimum atomic E-state index is -1.01. The number of benzene rings is 1. The first-order chi connectivity index (χ1) is 13.4. The standard InChI is InChI=1S/C18H21N3O7/c1-28-18(27)13-10-21(8-9-22)17(26)15(13)20-12-4-2-11(3-5-12)16(25)19-7-6-14(23)24/h2-5,20,22H,6-10H2,1H3,(H,19,25)(H,23,24). The van der Waals surface area contributed by atoms with Crippen LogP contribution in [0.15, 0.2) is 35.5 Å². The van der Waals surface area contributed by atoms with Crippen molar-refractivity contribution >= 4 is 29.4 Å². The Kier molecular flexibility index (Phi) is 7.10. The maximum absolute atomic E-state index is 12.5. The zero-order valence-corrected chi connectivity index (χ0v) is 15.2. The minimum Gasteiger partial charge on any atom is -0.481 e. The topological polar surface area (TPSA) is 145 Å². The first kappa shape index (κ1) is 20.9. The number of hydrogen-bond donors (Lipinski definition) is 4. The summed E-state index contributed by atoms with van der Waals surface area (Å²) in [6.45, 7) is -0.115. The molecular weight excluding hydrogens is 370 g/mol. The fourth-order valence-electron chi connectivity index (χ4n) is 2.58. The zero-order valence-electron chi connectivity index (χ0n) is 15.2. The lowest BCUT2D eigenvalue weighted by Crippen LogP contribution is -2.31. The van der Waals surface area contributed by atoms with Crippen LogP contribution in [-0.2, 0) is 19.1 Å². The van der Waals surface area contributed by atoms with Gasteiger partial charge in [-0.15, -0.1) is 0 Å². The molecule has 0 aliphatic carbocycles. The molecule has 10 heteroatoms. The van der Waals surface area contributed by atoms with Gasteiger partial charge in [0.1, 0.15) is 5.70 Å². The number of carboxylic acids is 1. The van der Waals surface area contributed by atoms with Crippen LogP contribution in [0.3, 0.4) is 0 Å². The highest BCUT2D eigenvalue weighted by Crippen LogP contribution is 2.22. The van der Waals surface area contributed by atoms with Gasteiger partial charge in [0, 0.05) is 24.3 Å². The molecule has 10 nitrogen and oxygen atoms in total. The summed E-state index contributed by atoms with van der Waals surface area (Å²) in [6.07, 6.45) is -0.178. The number of nitrogens with one attached hydrogen (secondary N) is 2. The van der Waals surface area contributed by atoms with Crippen LogP contribution in [0.4, 0.5) is 5.69 Å². The van der Waals surface area contributed by atoms with Crippen molar-refractivity contribution in [3.05, 3.63) is 41.1 Å². The number of amides is 2. The monoisotopic (exact) mass is 391 g/mol. The van der Waals surface area contributed by atoms with E-state index in [2.05, 4.69) is 10.6 Å². The number of nitrogens with zero attached hydrogens (tertiary/aromatic N) is 1. The molecule has 0 aromatic heterocycles. The van der Waals surface area contributed by atoms with Crippen LogP contribution >= 0.6 is 0 Å². The molecule has 1 aromatic rings. The van der Waals surface area contributed by atoms with Gasteiger partial charge in [-0.25, -0.2) is 4.79 Å². The number of aliphatic hydroxyl groups is 1. The normalized spacial score (nSPS) is 13.5. The Morgan fingerprint density at radius 2 is 1.89 bits per heavy atom. The van der Waals surface area contributed by atoms with E-state index in [0.29, 0.717) is 11.3 Å². The maximum atomic E-state index is 12.5. The molecule has 1 aliphatic rings. The summed E-state index contributed by atoms with van der Waals surface area (Å²) in [4.78, 5) is 48.1. The molecule has 2 rings (SSSR count). The lowest BCUT2D eigenvalue weighted by Gasteiger charge is -2.15. The molecule has 0 fully saturated rings. The van der Waals surface area contributed by atoms with E-state index in [-0.39, 0.29) is 43.9 Å². The number of aliphatic carboxylic acids is 1. The van der Waals surface area contributed by atoms with Crippen LogP contribution in [0.1, 0.15) is 16.8 Å². The van der Waals surface area contributed by atoms with Crippen molar-refractivity contribution in [2.45, 2.75) is 6.42 Å². The highest BCUT2D eigenvalue weighted by atomic mass is 16.5. The molecule has 4 N–H and O–H groups in total. The van der Waals surface area contributed by atoms with Gasteiger partial charge in [0.2, 0.25) is 0 Å². The molecule has 1 aliphatic heterocycles. The van der Waals surface area contributed by atoms with Crippen molar-refractivity contribution in [2.24, 2.45) is 0 Å².